The largest absolute Gasteiger partial charge is 0.463 e. The Morgan fingerprint density at radius 3 is 2.64 bits per heavy atom. The lowest BCUT2D eigenvalue weighted by Crippen LogP contribution is -2.34. The van der Waals surface area contributed by atoms with Gasteiger partial charge in [-0.25, -0.2) is 0 Å². The van der Waals surface area contributed by atoms with Gasteiger partial charge >= 0.3 is 5.97 Å². The molecule has 0 aliphatic carbocycles. The highest BCUT2D eigenvalue weighted by atomic mass is 16.5. The number of ether oxygens (including phenoxy) is 1. The maximum atomic E-state index is 11.0. The second-order valence-electron chi connectivity index (χ2n) is 3.19. The van der Waals surface area contributed by atoms with Gasteiger partial charge < -0.3 is 15.4 Å². The fourth-order valence-corrected chi connectivity index (χ4v) is 0.856. The Balaban J connectivity index is 3.36. The molecule has 0 aromatic heterocycles. The summed E-state index contributed by atoms with van der Waals surface area (Å²) in [5, 5.41) is 12.6. The van der Waals surface area contributed by atoms with E-state index in [2.05, 4.69) is 10.6 Å². The highest BCUT2D eigenvalue weighted by Crippen LogP contribution is 1.95. The van der Waals surface area contributed by atoms with E-state index in [-0.39, 0.29) is 18.0 Å². The first-order chi connectivity index (χ1) is 6.56. The molecule has 82 valence electrons. The van der Waals surface area contributed by atoms with E-state index in [1.54, 1.807) is 7.05 Å². The van der Waals surface area contributed by atoms with E-state index in [0.29, 0.717) is 19.4 Å². The molecule has 0 fully saturated rings. The van der Waals surface area contributed by atoms with Crippen molar-refractivity contribution in [1.82, 2.24) is 10.6 Å². The normalized spacial score (nSPS) is 9.71. The molecule has 0 saturated heterocycles. The van der Waals surface area contributed by atoms with Crippen molar-refractivity contribution in [2.45, 2.75) is 32.8 Å². The second-order valence-corrected chi connectivity index (χ2v) is 3.19. The van der Waals surface area contributed by atoms with Crippen LogP contribution in [-0.2, 0) is 9.53 Å². The average Bonchev–Trinajstić information content (AvgIpc) is 2.10. The standard InChI is InChI=1S/C9H19N3O2/c1-7(2)14-8(13)5-4-6-12-9(10)11-3/h7H,4-6H2,1-3H3,(H3,10,11,12). The Hall–Kier alpha value is -1.26. The predicted octanol–water partition coefficient (Wildman–Crippen LogP) is 0.462. The minimum absolute atomic E-state index is 0.0499. The summed E-state index contributed by atoms with van der Waals surface area (Å²) in [5.74, 6) is 0.0833. The van der Waals surface area contributed by atoms with Gasteiger partial charge in [-0.05, 0) is 20.3 Å². The molecule has 0 saturated carbocycles. The summed E-state index contributed by atoms with van der Waals surface area (Å²) < 4.78 is 4.95. The summed E-state index contributed by atoms with van der Waals surface area (Å²) in [7, 11) is 1.67. The molecule has 0 amide bonds. The molecule has 0 atom stereocenters. The molecule has 0 unspecified atom stereocenters. The lowest BCUT2D eigenvalue weighted by molar-refractivity contribution is -0.147. The van der Waals surface area contributed by atoms with Gasteiger partial charge in [-0.1, -0.05) is 0 Å². The summed E-state index contributed by atoms with van der Waals surface area (Å²) in [4.78, 5) is 11.0. The number of carbonyl (C=O) groups excluding carboxylic acids is 1. The molecular weight excluding hydrogens is 182 g/mol. The molecule has 0 aliphatic rings. The Bertz CT molecular complexity index is 192. The van der Waals surface area contributed by atoms with Crippen molar-refractivity contribution in [1.29, 1.82) is 5.41 Å². The number of nitrogens with one attached hydrogen (secondary N) is 3. The fourth-order valence-electron chi connectivity index (χ4n) is 0.856. The van der Waals surface area contributed by atoms with Crippen LogP contribution in [0, 0.1) is 5.41 Å². The Labute approximate surface area is 84.7 Å². The molecule has 0 heterocycles. The van der Waals surface area contributed by atoms with Gasteiger partial charge in [0.2, 0.25) is 0 Å². The summed E-state index contributed by atoms with van der Waals surface area (Å²) >= 11 is 0. The number of carbonyl (C=O) groups is 1. The first kappa shape index (κ1) is 12.7. The molecule has 0 rings (SSSR count). The molecule has 14 heavy (non-hydrogen) atoms. The van der Waals surface area contributed by atoms with E-state index in [1.165, 1.54) is 0 Å². The summed E-state index contributed by atoms with van der Waals surface area (Å²) in [6.45, 7) is 4.26. The quantitative estimate of drug-likeness (QED) is 0.261. The van der Waals surface area contributed by atoms with E-state index in [4.69, 9.17) is 10.1 Å². The number of hydrogen-bond donors (Lipinski definition) is 3. The molecule has 0 radical (unpaired) electrons. The third-order valence-electron chi connectivity index (χ3n) is 1.48. The molecule has 0 aromatic rings. The van der Waals surface area contributed by atoms with E-state index in [0.717, 1.165) is 0 Å². The molecular formula is C9H19N3O2. The van der Waals surface area contributed by atoms with Crippen molar-refractivity contribution in [3.63, 3.8) is 0 Å². The number of rotatable bonds is 5. The number of guanidine groups is 1. The van der Waals surface area contributed by atoms with Crippen molar-refractivity contribution in [2.75, 3.05) is 13.6 Å². The zero-order chi connectivity index (χ0) is 11.0. The van der Waals surface area contributed by atoms with Gasteiger partial charge in [-0.2, -0.15) is 0 Å². The maximum Gasteiger partial charge on any atom is 0.306 e. The third kappa shape index (κ3) is 7.39. The monoisotopic (exact) mass is 201 g/mol. The molecule has 5 nitrogen and oxygen atoms in total. The Morgan fingerprint density at radius 1 is 1.50 bits per heavy atom. The zero-order valence-corrected chi connectivity index (χ0v) is 9.02. The highest BCUT2D eigenvalue weighted by Gasteiger charge is 2.04. The van der Waals surface area contributed by atoms with Crippen LogP contribution in [0.3, 0.4) is 0 Å². The second kappa shape index (κ2) is 7.17. The van der Waals surface area contributed by atoms with Gasteiger partial charge in [-0.15, -0.1) is 0 Å². The van der Waals surface area contributed by atoms with Crippen molar-refractivity contribution >= 4 is 11.9 Å². The topological polar surface area (TPSA) is 74.2 Å². The van der Waals surface area contributed by atoms with E-state index in [1.807, 2.05) is 13.8 Å². The molecule has 0 spiro atoms. The van der Waals surface area contributed by atoms with E-state index < -0.39 is 0 Å². The van der Waals surface area contributed by atoms with Crippen LogP contribution in [0.5, 0.6) is 0 Å². The minimum atomic E-state index is -0.183. The maximum absolute atomic E-state index is 11.0. The van der Waals surface area contributed by atoms with Crippen molar-refractivity contribution < 1.29 is 9.53 Å². The Morgan fingerprint density at radius 2 is 2.14 bits per heavy atom. The first-order valence-corrected chi connectivity index (χ1v) is 4.76. The fraction of sp³-hybridized carbons (Fsp3) is 0.778. The third-order valence-corrected chi connectivity index (χ3v) is 1.48. The van der Waals surface area contributed by atoms with Crippen LogP contribution >= 0.6 is 0 Å². The number of esters is 1. The minimum Gasteiger partial charge on any atom is -0.463 e. The molecule has 0 aromatic carbocycles. The highest BCUT2D eigenvalue weighted by molar-refractivity contribution is 5.76. The summed E-state index contributed by atoms with van der Waals surface area (Å²) in [6, 6.07) is 0. The van der Waals surface area contributed by atoms with Crippen molar-refractivity contribution in [3.8, 4) is 0 Å². The van der Waals surface area contributed by atoms with Gasteiger partial charge in [0, 0.05) is 20.0 Å². The van der Waals surface area contributed by atoms with Crippen LogP contribution < -0.4 is 10.6 Å². The average molecular weight is 201 g/mol. The molecule has 3 N–H and O–H groups in total. The number of hydrogen-bond acceptors (Lipinski definition) is 3. The van der Waals surface area contributed by atoms with Crippen LogP contribution in [0.1, 0.15) is 26.7 Å². The van der Waals surface area contributed by atoms with E-state index >= 15 is 0 Å². The van der Waals surface area contributed by atoms with Crippen LogP contribution in [-0.4, -0.2) is 31.6 Å². The Kier molecular flexibility index (Phi) is 6.53. The summed E-state index contributed by atoms with van der Waals surface area (Å²) in [5.41, 5.74) is 0. The van der Waals surface area contributed by atoms with Crippen LogP contribution in [0.15, 0.2) is 0 Å². The van der Waals surface area contributed by atoms with Crippen LogP contribution in [0.25, 0.3) is 0 Å². The molecule has 5 heteroatoms. The zero-order valence-electron chi connectivity index (χ0n) is 9.02. The predicted molar refractivity (Wildman–Crippen MR) is 55.3 cm³/mol. The van der Waals surface area contributed by atoms with Gasteiger partial charge in [0.25, 0.3) is 0 Å². The lowest BCUT2D eigenvalue weighted by atomic mass is 10.3. The van der Waals surface area contributed by atoms with Crippen LogP contribution in [0.2, 0.25) is 0 Å². The van der Waals surface area contributed by atoms with Gasteiger partial charge in [-0.3, -0.25) is 10.2 Å². The summed E-state index contributed by atoms with van der Waals surface area (Å²) in [6.07, 6.45) is 1.02. The van der Waals surface area contributed by atoms with Gasteiger partial charge in [0.05, 0.1) is 6.10 Å². The SMILES string of the molecule is CNC(=N)NCCCC(=O)OC(C)C. The molecule has 0 bridgehead atoms. The van der Waals surface area contributed by atoms with E-state index in [9.17, 15) is 4.79 Å². The molecule has 0 aliphatic heterocycles. The van der Waals surface area contributed by atoms with Crippen molar-refractivity contribution in [2.24, 2.45) is 0 Å². The van der Waals surface area contributed by atoms with Gasteiger partial charge in [0.15, 0.2) is 5.96 Å². The van der Waals surface area contributed by atoms with Crippen LogP contribution in [0.4, 0.5) is 0 Å². The first-order valence-electron chi connectivity index (χ1n) is 4.76. The lowest BCUT2D eigenvalue weighted by Gasteiger charge is -2.08. The smallest absolute Gasteiger partial charge is 0.306 e. The van der Waals surface area contributed by atoms with Crippen molar-refractivity contribution in [3.05, 3.63) is 0 Å². The van der Waals surface area contributed by atoms with Gasteiger partial charge in [0.1, 0.15) is 0 Å².